The van der Waals surface area contributed by atoms with Crippen molar-refractivity contribution in [3.63, 3.8) is 0 Å². The van der Waals surface area contributed by atoms with Crippen molar-refractivity contribution in [2.45, 2.75) is 25.9 Å². The Morgan fingerprint density at radius 2 is 1.80 bits per heavy atom. The molecule has 11 heteroatoms. The Kier molecular flexibility index (Phi) is 8.86. The summed E-state index contributed by atoms with van der Waals surface area (Å²) in [6.45, 7) is 7.52. The highest BCUT2D eigenvalue weighted by Crippen LogP contribution is 2.44. The Hall–Kier alpha value is -3.96. The van der Waals surface area contributed by atoms with E-state index in [1.54, 1.807) is 12.3 Å². The smallest absolute Gasteiger partial charge is 0.250 e. The predicted octanol–water partition coefficient (Wildman–Crippen LogP) is 5.74. The highest BCUT2D eigenvalue weighted by atomic mass is 35.5. The van der Waals surface area contributed by atoms with E-state index in [1.165, 1.54) is 12.8 Å². The molecular formula is C33H35ClN6O3S. The van der Waals surface area contributed by atoms with Crippen LogP contribution in [0, 0.1) is 13.8 Å². The molecule has 2 atom stereocenters. The molecule has 2 aromatic carbocycles. The van der Waals surface area contributed by atoms with Gasteiger partial charge in [-0.05, 0) is 92.3 Å². The molecule has 2 N–H and O–H groups in total. The molecule has 0 bridgehead atoms. The molecule has 44 heavy (non-hydrogen) atoms. The molecule has 0 aliphatic carbocycles. The first-order chi connectivity index (χ1) is 21.4. The number of halogens is 1. The van der Waals surface area contributed by atoms with Crippen molar-refractivity contribution < 1.29 is 14.3 Å². The average molecular weight is 631 g/mol. The van der Waals surface area contributed by atoms with Crippen LogP contribution >= 0.6 is 23.8 Å². The van der Waals surface area contributed by atoms with E-state index in [1.807, 2.05) is 30.3 Å². The molecule has 6 rings (SSSR count). The van der Waals surface area contributed by atoms with Crippen molar-refractivity contribution >= 4 is 51.9 Å². The zero-order chi connectivity index (χ0) is 30.8. The lowest BCUT2D eigenvalue weighted by Crippen LogP contribution is -2.36. The number of rotatable bonds is 8. The van der Waals surface area contributed by atoms with Gasteiger partial charge in [0.1, 0.15) is 6.61 Å². The molecule has 2 aliphatic heterocycles. The third-order valence-corrected chi connectivity index (χ3v) is 8.78. The summed E-state index contributed by atoms with van der Waals surface area (Å²) in [5, 5.41) is 7.30. The van der Waals surface area contributed by atoms with E-state index in [-0.39, 0.29) is 24.6 Å². The molecule has 2 aliphatic rings. The Morgan fingerprint density at radius 1 is 1.07 bits per heavy atom. The van der Waals surface area contributed by atoms with Crippen molar-refractivity contribution in [2.24, 2.45) is 0 Å². The second-order valence-electron chi connectivity index (χ2n) is 10.9. The van der Waals surface area contributed by atoms with Gasteiger partial charge in [0.05, 0.1) is 41.7 Å². The topological polar surface area (TPSA) is 83.9 Å². The molecule has 2 saturated heterocycles. The number of amides is 1. The average Bonchev–Trinajstić information content (AvgIpc) is 3.53. The van der Waals surface area contributed by atoms with Crippen LogP contribution in [0.2, 0.25) is 5.02 Å². The third kappa shape index (κ3) is 5.90. The molecule has 4 heterocycles. The number of ether oxygens (including phenoxy) is 2. The Morgan fingerprint density at radius 3 is 2.48 bits per heavy atom. The van der Waals surface area contributed by atoms with Crippen LogP contribution in [0.5, 0.6) is 0 Å². The lowest BCUT2D eigenvalue weighted by atomic mass is 9.96. The summed E-state index contributed by atoms with van der Waals surface area (Å²) in [6, 6.07) is 22.0. The van der Waals surface area contributed by atoms with Gasteiger partial charge in [0.15, 0.2) is 5.11 Å². The second-order valence-corrected chi connectivity index (χ2v) is 11.7. The lowest BCUT2D eigenvalue weighted by Gasteiger charge is -2.29. The van der Waals surface area contributed by atoms with Gasteiger partial charge in [0.2, 0.25) is 5.91 Å². The Labute approximate surface area is 267 Å². The van der Waals surface area contributed by atoms with Crippen LogP contribution in [0.1, 0.15) is 34.7 Å². The SMILES string of the molecule is COCC(=O)Nc1ccc(N2C(=S)N[C@@H](c3ccccn3)[C@@H]2c2cc(C)n(-c3ccc(N4CCOCC4)cc3)c2C)cc1Cl. The highest BCUT2D eigenvalue weighted by Gasteiger charge is 2.42. The summed E-state index contributed by atoms with van der Waals surface area (Å²) < 4.78 is 12.7. The zero-order valence-electron chi connectivity index (χ0n) is 24.9. The fourth-order valence-corrected chi connectivity index (χ4v) is 6.71. The van der Waals surface area contributed by atoms with E-state index in [0.717, 1.165) is 60.3 Å². The number of aromatic nitrogens is 2. The van der Waals surface area contributed by atoms with E-state index < -0.39 is 0 Å². The molecule has 0 spiro atoms. The van der Waals surface area contributed by atoms with Gasteiger partial charge in [-0.1, -0.05) is 17.7 Å². The molecule has 0 radical (unpaired) electrons. The van der Waals surface area contributed by atoms with Gasteiger partial charge in [-0.3, -0.25) is 9.78 Å². The van der Waals surface area contributed by atoms with Crippen LogP contribution in [-0.2, 0) is 14.3 Å². The number of carbonyl (C=O) groups excluding carboxylic acids is 1. The fourth-order valence-electron chi connectivity index (χ4n) is 6.14. The van der Waals surface area contributed by atoms with Crippen molar-refractivity contribution in [3.8, 4) is 5.69 Å². The summed E-state index contributed by atoms with van der Waals surface area (Å²) in [6.07, 6.45) is 1.80. The summed E-state index contributed by atoms with van der Waals surface area (Å²) in [5.41, 5.74) is 7.84. The number of carbonyl (C=O) groups is 1. The number of benzene rings is 2. The lowest BCUT2D eigenvalue weighted by molar-refractivity contribution is -0.119. The van der Waals surface area contributed by atoms with Crippen LogP contribution in [0.15, 0.2) is 72.9 Å². The Bertz CT molecular complexity index is 1660. The summed E-state index contributed by atoms with van der Waals surface area (Å²) in [7, 11) is 1.47. The molecular weight excluding hydrogens is 596 g/mol. The first-order valence-corrected chi connectivity index (χ1v) is 15.4. The minimum absolute atomic E-state index is 0.0579. The summed E-state index contributed by atoms with van der Waals surface area (Å²) >= 11 is 12.6. The van der Waals surface area contributed by atoms with Crippen LogP contribution in [-0.4, -0.2) is 60.6 Å². The Balaban J connectivity index is 1.38. The van der Waals surface area contributed by atoms with Gasteiger partial charge in [-0.15, -0.1) is 0 Å². The maximum atomic E-state index is 12.1. The molecule has 2 fully saturated rings. The van der Waals surface area contributed by atoms with Crippen LogP contribution in [0.3, 0.4) is 0 Å². The number of pyridine rings is 1. The van der Waals surface area contributed by atoms with Crippen molar-refractivity contribution in [2.75, 3.05) is 55.1 Å². The molecule has 9 nitrogen and oxygen atoms in total. The monoisotopic (exact) mass is 630 g/mol. The maximum Gasteiger partial charge on any atom is 0.250 e. The minimum atomic E-state index is -0.279. The number of hydrogen-bond acceptors (Lipinski definition) is 6. The normalized spacial score (nSPS) is 18.4. The van der Waals surface area contributed by atoms with Crippen LogP contribution in [0.4, 0.5) is 17.1 Å². The quantitative estimate of drug-likeness (QED) is 0.239. The van der Waals surface area contributed by atoms with Gasteiger partial charge < -0.3 is 34.5 Å². The molecule has 0 unspecified atom stereocenters. The molecule has 4 aromatic rings. The van der Waals surface area contributed by atoms with E-state index in [2.05, 4.69) is 69.2 Å². The molecule has 0 saturated carbocycles. The van der Waals surface area contributed by atoms with E-state index in [9.17, 15) is 4.79 Å². The largest absolute Gasteiger partial charge is 0.378 e. The molecule has 228 valence electrons. The standard InChI is InChI=1S/C33H35ClN6O3S/c1-21-18-26(22(2)39(21)24-9-7-23(8-10-24)38-14-16-43-17-15-38)32-31(29-6-4-5-13-35-29)37-33(44)40(32)25-11-12-28(27(34)19-25)36-30(41)20-42-3/h4-13,18-19,31-32H,14-17,20H2,1-3H3,(H,36,41)(H,37,44)/t31-,32-/m0/s1. The number of morpholine rings is 1. The predicted molar refractivity (Wildman–Crippen MR) is 178 cm³/mol. The van der Waals surface area contributed by atoms with Crippen LogP contribution in [0.25, 0.3) is 5.69 Å². The van der Waals surface area contributed by atoms with Gasteiger partial charge in [0, 0.05) is 54.8 Å². The zero-order valence-corrected chi connectivity index (χ0v) is 26.5. The summed E-state index contributed by atoms with van der Waals surface area (Å²) in [4.78, 5) is 21.3. The number of anilines is 3. The number of thiocarbonyl (C=S) groups is 1. The van der Waals surface area contributed by atoms with Crippen molar-refractivity contribution in [1.82, 2.24) is 14.9 Å². The van der Waals surface area contributed by atoms with Gasteiger partial charge >= 0.3 is 0 Å². The van der Waals surface area contributed by atoms with E-state index >= 15 is 0 Å². The molecule has 1 amide bonds. The first kappa shape index (κ1) is 30.1. The first-order valence-electron chi connectivity index (χ1n) is 14.6. The number of aryl methyl sites for hydroxylation is 1. The van der Waals surface area contributed by atoms with Crippen LogP contribution < -0.4 is 20.4 Å². The van der Waals surface area contributed by atoms with Crippen molar-refractivity contribution in [3.05, 3.63) is 101 Å². The minimum Gasteiger partial charge on any atom is -0.378 e. The maximum absolute atomic E-state index is 12.1. The number of nitrogens with one attached hydrogen (secondary N) is 2. The van der Waals surface area contributed by atoms with Crippen molar-refractivity contribution in [1.29, 1.82) is 0 Å². The van der Waals surface area contributed by atoms with Gasteiger partial charge in [-0.2, -0.15) is 0 Å². The highest BCUT2D eigenvalue weighted by molar-refractivity contribution is 7.80. The fraction of sp³-hybridized carbons (Fsp3) is 0.303. The third-order valence-electron chi connectivity index (χ3n) is 8.15. The number of nitrogens with zero attached hydrogens (tertiary/aromatic N) is 4. The summed E-state index contributed by atoms with van der Waals surface area (Å²) in [5.74, 6) is -0.279. The number of hydrogen-bond donors (Lipinski definition) is 2. The van der Waals surface area contributed by atoms with E-state index in [4.69, 9.17) is 38.3 Å². The van der Waals surface area contributed by atoms with Gasteiger partial charge in [-0.25, -0.2) is 0 Å². The van der Waals surface area contributed by atoms with E-state index in [0.29, 0.717) is 15.8 Å². The second kappa shape index (κ2) is 13.0. The van der Waals surface area contributed by atoms with Gasteiger partial charge in [0.25, 0.3) is 0 Å². The molecule has 2 aromatic heterocycles. The number of methoxy groups -OCH3 is 1.